The number of fused-ring (bicyclic) bond motifs is 1. The lowest BCUT2D eigenvalue weighted by Gasteiger charge is -2.08. The van der Waals surface area contributed by atoms with Gasteiger partial charge in [-0.2, -0.15) is 4.68 Å². The van der Waals surface area contributed by atoms with Gasteiger partial charge in [-0.3, -0.25) is 13.9 Å². The summed E-state index contributed by atoms with van der Waals surface area (Å²) in [5.41, 5.74) is -0.143. The van der Waals surface area contributed by atoms with Gasteiger partial charge in [-0.1, -0.05) is 28.4 Å². The van der Waals surface area contributed by atoms with Crippen molar-refractivity contribution in [2.24, 2.45) is 14.1 Å². The third kappa shape index (κ3) is 1.97. The number of aryl methyl sites for hydroxylation is 1. The van der Waals surface area contributed by atoms with Crippen molar-refractivity contribution in [1.82, 2.24) is 24.1 Å². The Morgan fingerprint density at radius 3 is 2.48 bits per heavy atom. The molecule has 0 N–H and O–H groups in total. The van der Waals surface area contributed by atoms with E-state index in [0.717, 1.165) is 4.57 Å². The standard InChI is InChI=1S/C12H9Cl2N5O2/c1-17-10-9(11(20)18(2)12(17)21)15-16-19(10)8-4-3-6(13)5-7(8)14/h3-5H,1-2H3. The average Bonchev–Trinajstić information content (AvgIpc) is 2.87. The average molecular weight is 326 g/mol. The van der Waals surface area contributed by atoms with Crippen molar-refractivity contribution < 1.29 is 0 Å². The predicted octanol–water partition coefficient (Wildman–Crippen LogP) is 1.12. The predicted molar refractivity (Wildman–Crippen MR) is 79.4 cm³/mol. The number of hydrogen-bond acceptors (Lipinski definition) is 4. The Labute approximate surface area is 127 Å². The summed E-state index contributed by atoms with van der Waals surface area (Å²) in [6, 6.07) is 4.82. The van der Waals surface area contributed by atoms with Crippen LogP contribution in [-0.2, 0) is 14.1 Å². The molecule has 0 fully saturated rings. The first-order chi connectivity index (χ1) is 9.91. The lowest BCUT2D eigenvalue weighted by atomic mass is 10.3. The van der Waals surface area contributed by atoms with E-state index in [9.17, 15) is 9.59 Å². The van der Waals surface area contributed by atoms with Crippen LogP contribution < -0.4 is 11.2 Å². The second-order valence-electron chi connectivity index (χ2n) is 4.47. The summed E-state index contributed by atoms with van der Waals surface area (Å²) >= 11 is 12.0. The monoisotopic (exact) mass is 325 g/mol. The van der Waals surface area contributed by atoms with E-state index >= 15 is 0 Å². The maximum Gasteiger partial charge on any atom is 0.332 e. The van der Waals surface area contributed by atoms with Gasteiger partial charge in [0.25, 0.3) is 5.56 Å². The Bertz CT molecular complexity index is 986. The molecule has 2 aromatic heterocycles. The fraction of sp³-hybridized carbons (Fsp3) is 0.167. The van der Waals surface area contributed by atoms with Gasteiger partial charge in [0, 0.05) is 19.1 Å². The molecule has 0 aliphatic carbocycles. The Kier molecular flexibility index (Phi) is 3.11. The molecular formula is C12H9Cl2N5O2. The van der Waals surface area contributed by atoms with Crippen LogP contribution in [0.25, 0.3) is 16.9 Å². The highest BCUT2D eigenvalue weighted by atomic mass is 35.5. The van der Waals surface area contributed by atoms with Gasteiger partial charge in [0.05, 0.1) is 10.7 Å². The molecule has 3 rings (SSSR count). The molecule has 0 unspecified atom stereocenters. The molecule has 21 heavy (non-hydrogen) atoms. The van der Waals surface area contributed by atoms with Crippen LogP contribution in [0.3, 0.4) is 0 Å². The fourth-order valence-electron chi connectivity index (χ4n) is 2.09. The highest BCUT2D eigenvalue weighted by Crippen LogP contribution is 2.25. The third-order valence-electron chi connectivity index (χ3n) is 3.18. The highest BCUT2D eigenvalue weighted by molar-refractivity contribution is 6.35. The summed E-state index contributed by atoms with van der Waals surface area (Å²) in [7, 11) is 2.92. The van der Waals surface area contributed by atoms with Gasteiger partial charge in [-0.15, -0.1) is 5.10 Å². The number of rotatable bonds is 1. The molecule has 1 aromatic carbocycles. The van der Waals surface area contributed by atoms with Gasteiger partial charge >= 0.3 is 5.69 Å². The van der Waals surface area contributed by atoms with Crippen molar-refractivity contribution in [2.45, 2.75) is 0 Å². The van der Waals surface area contributed by atoms with Gasteiger partial charge < -0.3 is 0 Å². The largest absolute Gasteiger partial charge is 0.332 e. The van der Waals surface area contributed by atoms with Gasteiger partial charge in [0.15, 0.2) is 11.2 Å². The fourth-order valence-corrected chi connectivity index (χ4v) is 2.58. The van der Waals surface area contributed by atoms with E-state index in [0.29, 0.717) is 15.7 Å². The molecular weight excluding hydrogens is 317 g/mol. The van der Waals surface area contributed by atoms with E-state index < -0.39 is 11.2 Å². The van der Waals surface area contributed by atoms with Crippen LogP contribution in [-0.4, -0.2) is 24.1 Å². The van der Waals surface area contributed by atoms with Crippen molar-refractivity contribution in [3.63, 3.8) is 0 Å². The topological polar surface area (TPSA) is 74.7 Å². The minimum Gasteiger partial charge on any atom is -0.279 e. The van der Waals surface area contributed by atoms with Gasteiger partial charge in [0.1, 0.15) is 0 Å². The van der Waals surface area contributed by atoms with Crippen molar-refractivity contribution in [1.29, 1.82) is 0 Å². The van der Waals surface area contributed by atoms with Crippen LogP contribution in [0.5, 0.6) is 0 Å². The van der Waals surface area contributed by atoms with Crippen molar-refractivity contribution in [3.8, 4) is 5.69 Å². The van der Waals surface area contributed by atoms with E-state index in [1.165, 1.54) is 23.3 Å². The van der Waals surface area contributed by atoms with Crippen LogP contribution >= 0.6 is 23.2 Å². The number of aromatic nitrogens is 5. The zero-order valence-electron chi connectivity index (χ0n) is 11.0. The van der Waals surface area contributed by atoms with E-state index in [2.05, 4.69) is 10.3 Å². The van der Waals surface area contributed by atoms with Crippen LogP contribution in [0.1, 0.15) is 0 Å². The van der Waals surface area contributed by atoms with E-state index in [1.54, 1.807) is 18.2 Å². The molecule has 0 radical (unpaired) electrons. The van der Waals surface area contributed by atoms with Crippen molar-refractivity contribution in [2.75, 3.05) is 0 Å². The van der Waals surface area contributed by atoms with Crippen molar-refractivity contribution >= 4 is 34.4 Å². The zero-order chi connectivity index (χ0) is 15.3. The molecule has 0 amide bonds. The lowest BCUT2D eigenvalue weighted by Crippen LogP contribution is -2.37. The second-order valence-corrected chi connectivity index (χ2v) is 5.32. The first-order valence-corrected chi connectivity index (χ1v) is 6.64. The molecule has 2 heterocycles. The Hall–Kier alpha value is -2.12. The van der Waals surface area contributed by atoms with Crippen LogP contribution in [0.2, 0.25) is 10.0 Å². The lowest BCUT2D eigenvalue weighted by molar-refractivity contribution is 0.698. The molecule has 3 aromatic rings. The minimum absolute atomic E-state index is 0.0885. The highest BCUT2D eigenvalue weighted by Gasteiger charge is 2.17. The van der Waals surface area contributed by atoms with E-state index in [1.807, 2.05) is 0 Å². The summed E-state index contributed by atoms with van der Waals surface area (Å²) in [6.45, 7) is 0. The van der Waals surface area contributed by atoms with E-state index in [-0.39, 0.29) is 11.2 Å². The SMILES string of the molecule is Cn1c(=O)c2nnn(-c3ccc(Cl)cc3Cl)c2n(C)c1=O. The third-order valence-corrected chi connectivity index (χ3v) is 3.72. The maximum atomic E-state index is 12.1. The molecule has 0 aliphatic rings. The first kappa shape index (κ1) is 13.8. The van der Waals surface area contributed by atoms with Gasteiger partial charge in [0.2, 0.25) is 0 Å². The normalized spacial score (nSPS) is 11.2. The summed E-state index contributed by atoms with van der Waals surface area (Å²) in [5.74, 6) is 0. The number of hydrogen-bond donors (Lipinski definition) is 0. The maximum absolute atomic E-state index is 12.1. The van der Waals surface area contributed by atoms with Crippen LogP contribution in [0.15, 0.2) is 27.8 Å². The number of benzene rings is 1. The molecule has 0 saturated heterocycles. The summed E-state index contributed by atoms with van der Waals surface area (Å²) in [4.78, 5) is 24.1. The Morgan fingerprint density at radius 2 is 1.81 bits per heavy atom. The molecule has 7 nitrogen and oxygen atoms in total. The molecule has 0 atom stereocenters. The quantitative estimate of drug-likeness (QED) is 0.672. The molecule has 108 valence electrons. The van der Waals surface area contributed by atoms with Gasteiger partial charge in [-0.05, 0) is 18.2 Å². The molecule has 0 saturated carbocycles. The van der Waals surface area contributed by atoms with Crippen molar-refractivity contribution in [3.05, 3.63) is 49.1 Å². The molecule has 0 spiro atoms. The van der Waals surface area contributed by atoms with Gasteiger partial charge in [-0.25, -0.2) is 4.79 Å². The zero-order valence-corrected chi connectivity index (χ0v) is 12.6. The number of halogens is 2. The second kappa shape index (κ2) is 4.71. The Morgan fingerprint density at radius 1 is 1.10 bits per heavy atom. The summed E-state index contributed by atoms with van der Waals surface area (Å²) in [6.07, 6.45) is 0. The summed E-state index contributed by atoms with van der Waals surface area (Å²) in [5, 5.41) is 8.58. The summed E-state index contributed by atoms with van der Waals surface area (Å²) < 4.78 is 3.61. The molecule has 9 heteroatoms. The van der Waals surface area contributed by atoms with Crippen LogP contribution in [0, 0.1) is 0 Å². The number of nitrogens with zero attached hydrogens (tertiary/aromatic N) is 5. The first-order valence-electron chi connectivity index (χ1n) is 5.88. The molecule has 0 aliphatic heterocycles. The smallest absolute Gasteiger partial charge is 0.279 e. The Balaban J connectivity index is 2.46. The van der Waals surface area contributed by atoms with Crippen LogP contribution in [0.4, 0.5) is 0 Å². The molecule has 0 bridgehead atoms. The minimum atomic E-state index is -0.510. The van der Waals surface area contributed by atoms with E-state index in [4.69, 9.17) is 23.2 Å².